The predicted molar refractivity (Wildman–Crippen MR) is 131 cm³/mol. The molecule has 9 heteroatoms. The maximum Gasteiger partial charge on any atom is 0.340 e. The zero-order valence-corrected chi connectivity index (χ0v) is 20.6. The number of benzene rings is 1. The second-order valence-electron chi connectivity index (χ2n) is 8.94. The molecule has 0 saturated carbocycles. The number of rotatable bonds is 5. The van der Waals surface area contributed by atoms with Crippen molar-refractivity contribution >= 4 is 46.4 Å². The molecule has 0 radical (unpaired) electrons. The zero-order valence-electron chi connectivity index (χ0n) is 19.0. The van der Waals surface area contributed by atoms with Crippen LogP contribution in [-0.4, -0.2) is 39.3 Å². The third-order valence-corrected chi connectivity index (χ3v) is 6.41. The van der Waals surface area contributed by atoms with Crippen molar-refractivity contribution in [2.24, 2.45) is 0 Å². The first-order valence-electron chi connectivity index (χ1n) is 10.7. The van der Waals surface area contributed by atoms with E-state index < -0.39 is 17.6 Å². The molecule has 0 fully saturated rings. The van der Waals surface area contributed by atoms with Gasteiger partial charge in [0.15, 0.2) is 0 Å². The van der Waals surface area contributed by atoms with Crippen LogP contribution >= 0.6 is 22.9 Å². The SMILES string of the molecule is CC(C)(C)OC(=O)c1ccc(CN2C(=O)c3sccc3NC(=O)C2Cc2ccccn2)cc1Cl. The lowest BCUT2D eigenvalue weighted by Gasteiger charge is -2.28. The molecule has 34 heavy (non-hydrogen) atoms. The number of pyridine rings is 1. The molecule has 3 aromatic rings. The number of carbonyl (C=O) groups is 3. The lowest BCUT2D eigenvalue weighted by Crippen LogP contribution is -2.46. The van der Waals surface area contributed by atoms with Gasteiger partial charge in [-0.05, 0) is 62.0 Å². The standard InChI is InChI=1S/C25H24ClN3O4S/c1-25(2,3)33-24(32)17-8-7-15(12-18(17)26)14-29-20(13-16-6-4-5-10-27-16)22(30)28-19-9-11-34-21(19)23(29)31/h4-12,20H,13-14H2,1-3H3,(H,28,30). The Morgan fingerprint density at radius 2 is 2.00 bits per heavy atom. The number of ether oxygens (including phenoxy) is 1. The Hall–Kier alpha value is -3.23. The highest BCUT2D eigenvalue weighted by atomic mass is 35.5. The van der Waals surface area contributed by atoms with E-state index in [1.54, 1.807) is 62.7 Å². The molecule has 7 nitrogen and oxygen atoms in total. The normalized spacial score (nSPS) is 16.0. The van der Waals surface area contributed by atoms with Crippen molar-refractivity contribution < 1.29 is 19.1 Å². The molecule has 1 N–H and O–H groups in total. The van der Waals surface area contributed by atoms with E-state index in [1.165, 1.54) is 16.2 Å². The van der Waals surface area contributed by atoms with E-state index in [4.69, 9.17) is 16.3 Å². The van der Waals surface area contributed by atoms with Gasteiger partial charge in [0.05, 0.1) is 16.3 Å². The molecular formula is C25H24ClN3O4S. The molecule has 2 amide bonds. The molecule has 0 saturated heterocycles. The van der Waals surface area contributed by atoms with Crippen LogP contribution in [0.2, 0.25) is 5.02 Å². The summed E-state index contributed by atoms with van der Waals surface area (Å²) in [4.78, 5) is 45.4. The van der Waals surface area contributed by atoms with Crippen LogP contribution in [0.1, 0.15) is 52.1 Å². The van der Waals surface area contributed by atoms with Gasteiger partial charge in [0.1, 0.15) is 16.5 Å². The van der Waals surface area contributed by atoms with Gasteiger partial charge < -0.3 is 15.0 Å². The summed E-state index contributed by atoms with van der Waals surface area (Å²) in [5.74, 6) is -1.06. The largest absolute Gasteiger partial charge is 0.456 e. The zero-order chi connectivity index (χ0) is 24.5. The minimum Gasteiger partial charge on any atom is -0.456 e. The van der Waals surface area contributed by atoms with Crippen molar-refractivity contribution in [3.8, 4) is 0 Å². The summed E-state index contributed by atoms with van der Waals surface area (Å²) >= 11 is 7.68. The van der Waals surface area contributed by atoms with Gasteiger partial charge in [-0.25, -0.2) is 4.79 Å². The molecule has 1 unspecified atom stereocenters. The molecule has 4 rings (SSSR count). The Kier molecular flexibility index (Phi) is 6.72. The maximum atomic E-state index is 13.5. The third-order valence-electron chi connectivity index (χ3n) is 5.19. The number of aromatic nitrogens is 1. The summed E-state index contributed by atoms with van der Waals surface area (Å²) in [6.07, 6.45) is 1.92. The first-order valence-corrected chi connectivity index (χ1v) is 12.0. The second-order valence-corrected chi connectivity index (χ2v) is 10.3. The number of carbonyl (C=O) groups excluding carboxylic acids is 3. The molecule has 2 aromatic heterocycles. The number of anilines is 1. The van der Waals surface area contributed by atoms with E-state index in [0.717, 1.165) is 0 Å². The first kappa shape index (κ1) is 23.9. The Bertz CT molecular complexity index is 1240. The van der Waals surface area contributed by atoms with Crippen LogP contribution in [0.4, 0.5) is 5.69 Å². The van der Waals surface area contributed by atoms with E-state index >= 15 is 0 Å². The van der Waals surface area contributed by atoms with Gasteiger partial charge in [-0.1, -0.05) is 23.7 Å². The van der Waals surface area contributed by atoms with Crippen molar-refractivity contribution in [2.75, 3.05) is 5.32 Å². The number of halogens is 1. The fourth-order valence-corrected chi connectivity index (χ4v) is 4.74. The smallest absolute Gasteiger partial charge is 0.340 e. The summed E-state index contributed by atoms with van der Waals surface area (Å²) < 4.78 is 5.41. The molecule has 0 spiro atoms. The molecule has 1 aromatic carbocycles. The van der Waals surface area contributed by atoms with Gasteiger partial charge in [0.2, 0.25) is 5.91 Å². The van der Waals surface area contributed by atoms with Crippen LogP contribution in [0.15, 0.2) is 54.0 Å². The summed E-state index contributed by atoms with van der Waals surface area (Å²) in [6, 6.07) is 11.3. The van der Waals surface area contributed by atoms with Gasteiger partial charge in [-0.15, -0.1) is 11.3 Å². The molecule has 1 atom stereocenters. The molecule has 0 bridgehead atoms. The number of nitrogens with one attached hydrogen (secondary N) is 1. The minimum absolute atomic E-state index is 0.134. The molecule has 1 aliphatic heterocycles. The molecule has 0 aliphatic carbocycles. The number of esters is 1. The van der Waals surface area contributed by atoms with E-state index in [1.807, 2.05) is 12.1 Å². The van der Waals surface area contributed by atoms with Crippen molar-refractivity contribution in [1.29, 1.82) is 0 Å². The molecular weight excluding hydrogens is 474 g/mol. The van der Waals surface area contributed by atoms with Crippen LogP contribution in [0.25, 0.3) is 0 Å². The number of fused-ring (bicyclic) bond motifs is 1. The van der Waals surface area contributed by atoms with Gasteiger partial charge in [0.25, 0.3) is 5.91 Å². The summed E-state index contributed by atoms with van der Waals surface area (Å²) in [6.45, 7) is 5.48. The predicted octanol–water partition coefficient (Wildman–Crippen LogP) is 4.96. The number of hydrogen-bond donors (Lipinski definition) is 1. The second kappa shape index (κ2) is 9.56. The number of nitrogens with zero attached hydrogens (tertiary/aromatic N) is 2. The number of thiophene rings is 1. The summed E-state index contributed by atoms with van der Waals surface area (Å²) in [7, 11) is 0. The monoisotopic (exact) mass is 497 g/mol. The summed E-state index contributed by atoms with van der Waals surface area (Å²) in [5.41, 5.74) is 1.48. The molecule has 1 aliphatic rings. The minimum atomic E-state index is -0.772. The summed E-state index contributed by atoms with van der Waals surface area (Å²) in [5, 5.41) is 4.86. The molecule has 176 valence electrons. The fraction of sp³-hybridized carbons (Fsp3) is 0.280. The van der Waals surface area contributed by atoms with Gasteiger partial charge in [-0.2, -0.15) is 0 Å². The highest BCUT2D eigenvalue weighted by Crippen LogP contribution is 2.31. The van der Waals surface area contributed by atoms with Crippen LogP contribution in [0.3, 0.4) is 0 Å². The quantitative estimate of drug-likeness (QED) is 0.503. The number of amides is 2. The fourth-order valence-electron chi connectivity index (χ4n) is 3.66. The average Bonchev–Trinajstić information content (AvgIpc) is 3.20. The number of hydrogen-bond acceptors (Lipinski definition) is 6. The van der Waals surface area contributed by atoms with Crippen LogP contribution < -0.4 is 5.32 Å². The van der Waals surface area contributed by atoms with Gasteiger partial charge >= 0.3 is 5.97 Å². The average molecular weight is 498 g/mol. The highest BCUT2D eigenvalue weighted by molar-refractivity contribution is 7.12. The van der Waals surface area contributed by atoms with E-state index in [0.29, 0.717) is 21.8 Å². The van der Waals surface area contributed by atoms with Crippen molar-refractivity contribution in [3.05, 3.63) is 80.8 Å². The van der Waals surface area contributed by atoms with Crippen molar-refractivity contribution in [2.45, 2.75) is 45.4 Å². The van der Waals surface area contributed by atoms with E-state index in [9.17, 15) is 14.4 Å². The van der Waals surface area contributed by atoms with E-state index in [-0.39, 0.29) is 35.4 Å². The maximum absolute atomic E-state index is 13.5. The Morgan fingerprint density at radius 1 is 1.21 bits per heavy atom. The first-order chi connectivity index (χ1) is 16.1. The van der Waals surface area contributed by atoms with Crippen LogP contribution in [-0.2, 0) is 22.5 Å². The van der Waals surface area contributed by atoms with Gasteiger partial charge in [-0.3, -0.25) is 14.6 Å². The van der Waals surface area contributed by atoms with Crippen LogP contribution in [0.5, 0.6) is 0 Å². The molecule has 3 heterocycles. The van der Waals surface area contributed by atoms with Gasteiger partial charge in [0, 0.05) is 24.9 Å². The van der Waals surface area contributed by atoms with Crippen LogP contribution in [0, 0.1) is 0 Å². The lowest BCUT2D eigenvalue weighted by molar-refractivity contribution is -0.120. The van der Waals surface area contributed by atoms with Crippen molar-refractivity contribution in [1.82, 2.24) is 9.88 Å². The van der Waals surface area contributed by atoms with E-state index in [2.05, 4.69) is 10.3 Å². The Morgan fingerprint density at radius 3 is 2.68 bits per heavy atom. The lowest BCUT2D eigenvalue weighted by atomic mass is 10.1. The third kappa shape index (κ3) is 5.29. The topological polar surface area (TPSA) is 88.6 Å². The van der Waals surface area contributed by atoms with Crippen molar-refractivity contribution in [3.63, 3.8) is 0 Å². The highest BCUT2D eigenvalue weighted by Gasteiger charge is 2.36. The Labute approximate surface area is 206 Å². The Balaban J connectivity index is 1.65.